The van der Waals surface area contributed by atoms with Crippen molar-refractivity contribution >= 4 is 39.3 Å². The lowest BCUT2D eigenvalue weighted by atomic mass is 10.3. The molecule has 100 valence electrons. The largest absolute Gasteiger partial charge is 0.418 e. The van der Waals surface area contributed by atoms with Gasteiger partial charge in [-0.1, -0.05) is 15.9 Å². The van der Waals surface area contributed by atoms with Crippen molar-refractivity contribution in [3.63, 3.8) is 0 Å². The molecule has 19 heavy (non-hydrogen) atoms. The zero-order valence-electron chi connectivity index (χ0n) is 10.3. The summed E-state index contributed by atoms with van der Waals surface area (Å²) in [5.74, 6) is -2.89. The van der Waals surface area contributed by atoms with E-state index in [-0.39, 0.29) is 0 Å². The van der Waals surface area contributed by atoms with Gasteiger partial charge in [0.05, 0.1) is 5.69 Å². The normalized spacial score (nSPS) is 17.5. The standard InChI is InChI=1S/C12H11BrN2O4/c1-12(2)18-10(16)9(11(17)19-12)15-14-8-5-3-7(13)4-6-8/h3-6,14H,1-2H3. The lowest BCUT2D eigenvalue weighted by Crippen LogP contribution is -2.47. The van der Waals surface area contributed by atoms with Crippen LogP contribution >= 0.6 is 15.9 Å². The zero-order chi connectivity index (χ0) is 14.0. The van der Waals surface area contributed by atoms with Gasteiger partial charge in [-0.2, -0.15) is 5.10 Å². The summed E-state index contributed by atoms with van der Waals surface area (Å²) in [4.78, 5) is 23.2. The highest BCUT2D eigenvalue weighted by Crippen LogP contribution is 2.18. The molecule has 0 aliphatic carbocycles. The van der Waals surface area contributed by atoms with E-state index in [4.69, 9.17) is 9.47 Å². The molecule has 1 N–H and O–H groups in total. The van der Waals surface area contributed by atoms with Crippen molar-refractivity contribution in [1.82, 2.24) is 0 Å². The summed E-state index contributed by atoms with van der Waals surface area (Å²) in [7, 11) is 0. The molecule has 0 spiro atoms. The van der Waals surface area contributed by atoms with Crippen molar-refractivity contribution in [1.29, 1.82) is 0 Å². The first-order valence-corrected chi connectivity index (χ1v) is 6.23. The second-order valence-corrected chi connectivity index (χ2v) is 5.17. The van der Waals surface area contributed by atoms with Crippen LogP contribution < -0.4 is 5.43 Å². The third-order valence-electron chi connectivity index (χ3n) is 2.20. The Morgan fingerprint density at radius 3 is 2.16 bits per heavy atom. The number of cyclic esters (lactones) is 2. The van der Waals surface area contributed by atoms with Crippen LogP contribution in [0.3, 0.4) is 0 Å². The number of nitrogens with zero attached hydrogens (tertiary/aromatic N) is 1. The molecule has 1 fully saturated rings. The second-order valence-electron chi connectivity index (χ2n) is 4.26. The Hall–Kier alpha value is -1.89. The van der Waals surface area contributed by atoms with Crippen LogP contribution in [0.5, 0.6) is 0 Å². The highest BCUT2D eigenvalue weighted by atomic mass is 79.9. The summed E-state index contributed by atoms with van der Waals surface area (Å²) in [6, 6.07) is 7.06. The molecule has 0 aromatic heterocycles. The molecular formula is C12H11BrN2O4. The van der Waals surface area contributed by atoms with Gasteiger partial charge in [-0.05, 0) is 24.3 Å². The summed E-state index contributed by atoms with van der Waals surface area (Å²) in [6.45, 7) is 2.95. The molecule has 0 atom stereocenters. The maximum absolute atomic E-state index is 11.6. The number of benzene rings is 1. The molecule has 7 heteroatoms. The molecule has 1 aliphatic heterocycles. The van der Waals surface area contributed by atoms with E-state index in [1.807, 2.05) is 0 Å². The van der Waals surface area contributed by atoms with Crippen LogP contribution in [0.15, 0.2) is 33.8 Å². The number of esters is 2. The number of carbonyl (C=O) groups is 2. The van der Waals surface area contributed by atoms with E-state index in [0.29, 0.717) is 5.69 Å². The Labute approximate surface area is 117 Å². The highest BCUT2D eigenvalue weighted by Gasteiger charge is 2.40. The average Bonchev–Trinajstić information content (AvgIpc) is 2.29. The molecule has 0 radical (unpaired) electrons. The van der Waals surface area contributed by atoms with E-state index in [1.54, 1.807) is 24.3 Å². The Balaban J connectivity index is 2.13. The second kappa shape index (κ2) is 5.00. The van der Waals surface area contributed by atoms with Crippen molar-refractivity contribution < 1.29 is 19.1 Å². The van der Waals surface area contributed by atoms with Gasteiger partial charge in [0.25, 0.3) is 11.5 Å². The lowest BCUT2D eigenvalue weighted by molar-refractivity contribution is -0.214. The SMILES string of the molecule is CC1(C)OC(=O)C(=NNc2ccc(Br)cc2)C(=O)O1. The minimum atomic E-state index is -1.26. The molecule has 0 saturated carbocycles. The monoisotopic (exact) mass is 326 g/mol. The Bertz CT molecular complexity index is 529. The number of hydrogen-bond acceptors (Lipinski definition) is 6. The van der Waals surface area contributed by atoms with Gasteiger partial charge in [0.15, 0.2) is 0 Å². The Kier molecular flexibility index (Phi) is 3.57. The topological polar surface area (TPSA) is 77.0 Å². The first-order chi connectivity index (χ1) is 8.87. The number of hydrazone groups is 1. The van der Waals surface area contributed by atoms with Crippen LogP contribution in [-0.4, -0.2) is 23.4 Å². The van der Waals surface area contributed by atoms with Crippen LogP contribution in [-0.2, 0) is 19.1 Å². The van der Waals surface area contributed by atoms with Gasteiger partial charge < -0.3 is 9.47 Å². The fourth-order valence-corrected chi connectivity index (χ4v) is 1.65. The molecule has 0 unspecified atom stereocenters. The van der Waals surface area contributed by atoms with Gasteiger partial charge >= 0.3 is 11.9 Å². The molecule has 1 saturated heterocycles. The number of carbonyl (C=O) groups excluding carboxylic acids is 2. The van der Waals surface area contributed by atoms with Crippen molar-refractivity contribution in [2.24, 2.45) is 5.10 Å². The third-order valence-corrected chi connectivity index (χ3v) is 2.73. The van der Waals surface area contributed by atoms with Gasteiger partial charge in [-0.25, -0.2) is 9.59 Å². The van der Waals surface area contributed by atoms with Crippen LogP contribution in [0.25, 0.3) is 0 Å². The molecule has 6 nitrogen and oxygen atoms in total. The van der Waals surface area contributed by atoms with Gasteiger partial charge in [0.2, 0.25) is 0 Å². The maximum Gasteiger partial charge on any atom is 0.369 e. The smallest absolute Gasteiger partial charge is 0.369 e. The van der Waals surface area contributed by atoms with E-state index in [1.165, 1.54) is 13.8 Å². The van der Waals surface area contributed by atoms with Crippen molar-refractivity contribution in [3.8, 4) is 0 Å². The van der Waals surface area contributed by atoms with Gasteiger partial charge in [0, 0.05) is 18.3 Å². The van der Waals surface area contributed by atoms with Crippen molar-refractivity contribution in [2.75, 3.05) is 5.43 Å². The molecule has 1 heterocycles. The predicted molar refractivity (Wildman–Crippen MR) is 71.5 cm³/mol. The van der Waals surface area contributed by atoms with Crippen LogP contribution in [0, 0.1) is 0 Å². The number of anilines is 1. The quantitative estimate of drug-likeness (QED) is 0.664. The van der Waals surface area contributed by atoms with Crippen LogP contribution in [0.4, 0.5) is 5.69 Å². The summed E-state index contributed by atoms with van der Waals surface area (Å²) in [6.07, 6.45) is 0. The predicted octanol–water partition coefficient (Wildman–Crippen LogP) is 2.05. The third kappa shape index (κ3) is 3.31. The zero-order valence-corrected chi connectivity index (χ0v) is 11.9. The van der Waals surface area contributed by atoms with Crippen LogP contribution in [0.1, 0.15) is 13.8 Å². The number of halogens is 1. The minimum Gasteiger partial charge on any atom is -0.418 e. The highest BCUT2D eigenvalue weighted by molar-refractivity contribution is 9.10. The lowest BCUT2D eigenvalue weighted by Gasteiger charge is -2.28. The molecule has 0 bridgehead atoms. The Morgan fingerprint density at radius 2 is 1.63 bits per heavy atom. The molecule has 1 aromatic rings. The molecule has 2 rings (SSSR count). The number of rotatable bonds is 2. The van der Waals surface area contributed by atoms with E-state index in [2.05, 4.69) is 26.5 Å². The van der Waals surface area contributed by atoms with E-state index < -0.39 is 23.4 Å². The van der Waals surface area contributed by atoms with Gasteiger partial charge in [-0.15, -0.1) is 0 Å². The van der Waals surface area contributed by atoms with Crippen LogP contribution in [0.2, 0.25) is 0 Å². The molecular weight excluding hydrogens is 316 g/mol. The average molecular weight is 327 g/mol. The first kappa shape index (κ1) is 13.5. The summed E-state index contributed by atoms with van der Waals surface area (Å²) in [5, 5.41) is 3.71. The summed E-state index contributed by atoms with van der Waals surface area (Å²) < 4.78 is 10.7. The molecule has 1 aliphatic rings. The Morgan fingerprint density at radius 1 is 1.11 bits per heavy atom. The van der Waals surface area contributed by atoms with Gasteiger partial charge in [-0.3, -0.25) is 5.43 Å². The van der Waals surface area contributed by atoms with Gasteiger partial charge in [0.1, 0.15) is 0 Å². The maximum atomic E-state index is 11.6. The number of ether oxygens (including phenoxy) is 2. The number of hydrogen-bond donors (Lipinski definition) is 1. The first-order valence-electron chi connectivity index (χ1n) is 5.43. The summed E-state index contributed by atoms with van der Waals surface area (Å²) >= 11 is 3.29. The van der Waals surface area contributed by atoms with Crippen molar-refractivity contribution in [3.05, 3.63) is 28.7 Å². The summed E-state index contributed by atoms with van der Waals surface area (Å²) in [5.41, 5.74) is 2.81. The van der Waals surface area contributed by atoms with E-state index in [9.17, 15) is 9.59 Å². The fourth-order valence-electron chi connectivity index (χ4n) is 1.38. The van der Waals surface area contributed by atoms with E-state index in [0.717, 1.165) is 4.47 Å². The van der Waals surface area contributed by atoms with Crippen molar-refractivity contribution in [2.45, 2.75) is 19.6 Å². The molecule has 0 amide bonds. The fraction of sp³-hybridized carbons (Fsp3) is 0.250. The minimum absolute atomic E-state index is 0.415. The van der Waals surface area contributed by atoms with E-state index >= 15 is 0 Å². The number of nitrogens with one attached hydrogen (secondary N) is 1. The molecule has 1 aromatic carbocycles.